The molecule has 1 amide bonds. The molecule has 0 aromatic carbocycles. The number of nitrogens with zero attached hydrogens (tertiary/aromatic N) is 2. The number of amides is 1. The molecule has 0 aliphatic rings. The summed E-state index contributed by atoms with van der Waals surface area (Å²) in [5, 5.41) is 19.0. The van der Waals surface area contributed by atoms with Gasteiger partial charge in [0, 0.05) is 12.1 Å². The van der Waals surface area contributed by atoms with Gasteiger partial charge in [-0.3, -0.25) is 9.89 Å². The lowest BCUT2D eigenvalue weighted by molar-refractivity contribution is -0.389. The monoisotopic (exact) mass is 221 g/mol. The second kappa shape index (κ2) is 3.85. The lowest BCUT2D eigenvalue weighted by Crippen LogP contribution is -2.12. The molecular weight excluding hydrogens is 214 g/mol. The topological polar surface area (TPSA) is 117 Å². The van der Waals surface area contributed by atoms with Gasteiger partial charge in [-0.25, -0.2) is 4.98 Å². The van der Waals surface area contributed by atoms with Gasteiger partial charge in [0.25, 0.3) is 5.91 Å². The van der Waals surface area contributed by atoms with Crippen molar-refractivity contribution in [1.82, 2.24) is 15.2 Å². The second-order valence-electron chi connectivity index (χ2n) is 2.94. The van der Waals surface area contributed by atoms with Crippen LogP contribution in [0.15, 0.2) is 24.4 Å². The van der Waals surface area contributed by atoms with E-state index in [1.54, 1.807) is 6.07 Å². The van der Waals surface area contributed by atoms with Gasteiger partial charge < -0.3 is 15.4 Å². The van der Waals surface area contributed by atoms with E-state index in [0.29, 0.717) is 5.82 Å². The molecular formula is C8H7N5O3. The predicted octanol–water partition coefficient (Wildman–Crippen LogP) is 0.898. The Bertz CT molecular complexity index is 516. The summed E-state index contributed by atoms with van der Waals surface area (Å²) in [6, 6.07) is 4.13. The molecule has 0 saturated carbocycles. The van der Waals surface area contributed by atoms with Gasteiger partial charge >= 0.3 is 5.82 Å². The van der Waals surface area contributed by atoms with Crippen LogP contribution in [0.2, 0.25) is 0 Å². The van der Waals surface area contributed by atoms with Gasteiger partial charge in [-0.15, -0.1) is 0 Å². The van der Waals surface area contributed by atoms with Crippen LogP contribution in [-0.4, -0.2) is 26.0 Å². The van der Waals surface area contributed by atoms with Gasteiger partial charge in [-0.2, -0.15) is 5.10 Å². The second-order valence-corrected chi connectivity index (χ2v) is 2.94. The van der Waals surface area contributed by atoms with E-state index in [1.807, 2.05) is 0 Å². The fourth-order valence-electron chi connectivity index (χ4n) is 1.14. The van der Waals surface area contributed by atoms with Gasteiger partial charge in [-0.1, -0.05) is 0 Å². The van der Waals surface area contributed by atoms with E-state index in [0.717, 1.165) is 0 Å². The van der Waals surface area contributed by atoms with Crippen LogP contribution in [0.1, 0.15) is 10.5 Å². The summed E-state index contributed by atoms with van der Waals surface area (Å²) < 4.78 is 0. The molecule has 82 valence electrons. The van der Waals surface area contributed by atoms with Crippen molar-refractivity contribution >= 4 is 17.5 Å². The van der Waals surface area contributed by atoms with E-state index in [4.69, 9.17) is 0 Å². The molecule has 3 N–H and O–H groups in total. The Labute approximate surface area is 88.8 Å². The Kier molecular flexibility index (Phi) is 2.38. The van der Waals surface area contributed by atoms with Crippen molar-refractivity contribution in [2.45, 2.75) is 0 Å². The molecule has 0 spiro atoms. The van der Waals surface area contributed by atoms with E-state index < -0.39 is 10.8 Å². The van der Waals surface area contributed by atoms with Gasteiger partial charge in [0.2, 0.25) is 0 Å². The first-order valence-corrected chi connectivity index (χ1v) is 4.31. The zero-order chi connectivity index (χ0) is 11.5. The Balaban J connectivity index is 2.12. The molecule has 16 heavy (non-hydrogen) atoms. The number of carbonyl (C=O) groups excluding carboxylic acids is 1. The number of aromatic amines is 2. The van der Waals surface area contributed by atoms with Crippen molar-refractivity contribution in [3.63, 3.8) is 0 Å². The summed E-state index contributed by atoms with van der Waals surface area (Å²) in [5.74, 6) is -0.283. The molecule has 2 rings (SSSR count). The summed E-state index contributed by atoms with van der Waals surface area (Å²) in [6.45, 7) is 0. The Morgan fingerprint density at radius 2 is 2.25 bits per heavy atom. The standard InChI is InChI=1S/C8H7N5O3/c14-8(11-6-3-4-9-12-6)5-1-2-7(10-5)13(15)16/h1-4,10H,(H2,9,11,12,14). The molecule has 8 nitrogen and oxygen atoms in total. The first kappa shape index (κ1) is 9.90. The maximum atomic E-state index is 11.5. The predicted molar refractivity (Wildman–Crippen MR) is 54.0 cm³/mol. The molecule has 0 atom stereocenters. The molecule has 0 unspecified atom stereocenters. The highest BCUT2D eigenvalue weighted by molar-refractivity contribution is 6.02. The van der Waals surface area contributed by atoms with Crippen LogP contribution in [-0.2, 0) is 0 Å². The van der Waals surface area contributed by atoms with Crippen molar-refractivity contribution in [2.75, 3.05) is 5.32 Å². The first-order valence-electron chi connectivity index (χ1n) is 4.31. The number of hydrogen-bond acceptors (Lipinski definition) is 4. The molecule has 8 heteroatoms. The van der Waals surface area contributed by atoms with Crippen LogP contribution in [0.4, 0.5) is 11.6 Å². The summed E-state index contributed by atoms with van der Waals surface area (Å²) in [4.78, 5) is 23.7. The highest BCUT2D eigenvalue weighted by Gasteiger charge is 2.15. The number of nitrogens with one attached hydrogen (secondary N) is 3. The van der Waals surface area contributed by atoms with Gasteiger partial charge in [-0.05, 0) is 11.0 Å². The fourth-order valence-corrected chi connectivity index (χ4v) is 1.14. The highest BCUT2D eigenvalue weighted by Crippen LogP contribution is 2.11. The molecule has 0 aliphatic carbocycles. The van der Waals surface area contributed by atoms with E-state index >= 15 is 0 Å². The van der Waals surface area contributed by atoms with Crippen molar-refractivity contribution in [2.24, 2.45) is 0 Å². The first-order chi connectivity index (χ1) is 7.66. The molecule has 2 heterocycles. The van der Waals surface area contributed by atoms with Gasteiger partial charge in [0.1, 0.15) is 5.82 Å². The smallest absolute Gasteiger partial charge is 0.321 e. The summed E-state index contributed by atoms with van der Waals surface area (Å²) in [5.41, 5.74) is 0.112. The zero-order valence-corrected chi connectivity index (χ0v) is 7.93. The van der Waals surface area contributed by atoms with E-state index in [-0.39, 0.29) is 11.5 Å². The minimum atomic E-state index is -0.604. The molecule has 0 bridgehead atoms. The lowest BCUT2D eigenvalue weighted by atomic mass is 10.4. The third kappa shape index (κ3) is 1.90. The number of aromatic nitrogens is 3. The quantitative estimate of drug-likeness (QED) is 0.527. The Morgan fingerprint density at radius 1 is 1.44 bits per heavy atom. The average molecular weight is 221 g/mol. The van der Waals surface area contributed by atoms with Crippen molar-refractivity contribution in [3.8, 4) is 0 Å². The molecule has 0 aliphatic heterocycles. The summed E-state index contributed by atoms with van der Waals surface area (Å²) in [7, 11) is 0. The van der Waals surface area contributed by atoms with Crippen molar-refractivity contribution < 1.29 is 9.72 Å². The third-order valence-corrected chi connectivity index (χ3v) is 1.86. The minimum Gasteiger partial charge on any atom is -0.358 e. The molecule has 2 aromatic heterocycles. The van der Waals surface area contributed by atoms with Crippen LogP contribution in [0.25, 0.3) is 0 Å². The molecule has 0 fully saturated rings. The average Bonchev–Trinajstić information content (AvgIpc) is 2.86. The summed E-state index contributed by atoms with van der Waals surface area (Å²) >= 11 is 0. The van der Waals surface area contributed by atoms with Crippen LogP contribution in [0.5, 0.6) is 0 Å². The number of anilines is 1. The SMILES string of the molecule is O=C(Nc1ccn[nH]1)c1ccc([N+](=O)[O-])[nH]1. The maximum absolute atomic E-state index is 11.5. The fraction of sp³-hybridized carbons (Fsp3) is 0. The summed E-state index contributed by atoms with van der Waals surface area (Å²) in [6.07, 6.45) is 1.48. The van der Waals surface area contributed by atoms with Crippen LogP contribution >= 0.6 is 0 Å². The van der Waals surface area contributed by atoms with E-state index in [1.165, 1.54) is 18.3 Å². The molecule has 2 aromatic rings. The van der Waals surface area contributed by atoms with Crippen LogP contribution in [0, 0.1) is 10.1 Å². The number of carbonyl (C=O) groups is 1. The third-order valence-electron chi connectivity index (χ3n) is 1.86. The largest absolute Gasteiger partial charge is 0.358 e. The molecule has 0 saturated heterocycles. The minimum absolute atomic E-state index is 0.112. The van der Waals surface area contributed by atoms with Crippen molar-refractivity contribution in [1.29, 1.82) is 0 Å². The number of H-pyrrole nitrogens is 2. The van der Waals surface area contributed by atoms with E-state index in [9.17, 15) is 14.9 Å². The van der Waals surface area contributed by atoms with E-state index in [2.05, 4.69) is 20.5 Å². The van der Waals surface area contributed by atoms with Gasteiger partial charge in [0.05, 0.1) is 6.20 Å². The Hall–Kier alpha value is -2.64. The highest BCUT2D eigenvalue weighted by atomic mass is 16.6. The lowest BCUT2D eigenvalue weighted by Gasteiger charge is -1.96. The van der Waals surface area contributed by atoms with Crippen LogP contribution in [0.3, 0.4) is 0 Å². The van der Waals surface area contributed by atoms with Crippen LogP contribution < -0.4 is 5.32 Å². The number of hydrogen-bond donors (Lipinski definition) is 3. The van der Waals surface area contributed by atoms with Crippen molar-refractivity contribution in [3.05, 3.63) is 40.2 Å². The number of rotatable bonds is 3. The molecule has 0 radical (unpaired) electrons. The number of nitro groups is 1. The van der Waals surface area contributed by atoms with Gasteiger partial charge in [0.15, 0.2) is 5.69 Å². The normalized spacial score (nSPS) is 10.0. The Morgan fingerprint density at radius 3 is 2.81 bits per heavy atom. The maximum Gasteiger partial charge on any atom is 0.321 e. The zero-order valence-electron chi connectivity index (χ0n) is 7.93.